The minimum atomic E-state index is -1.41. The molecule has 186 valence electrons. The Hall–Kier alpha value is -4.74. The molecule has 2 amide bonds. The Bertz CT molecular complexity index is 1920. The van der Waals surface area contributed by atoms with Crippen molar-refractivity contribution in [2.45, 2.75) is 5.92 Å². The van der Waals surface area contributed by atoms with Crippen molar-refractivity contribution in [1.29, 1.82) is 0 Å². The third-order valence-electron chi connectivity index (χ3n) is 6.06. The second-order valence-corrected chi connectivity index (χ2v) is 9.84. The van der Waals surface area contributed by atoms with Crippen molar-refractivity contribution in [3.63, 3.8) is 0 Å². The first-order valence-electron chi connectivity index (χ1n) is 11.2. The first kappa shape index (κ1) is 23.6. The van der Waals surface area contributed by atoms with Crippen molar-refractivity contribution in [3.8, 4) is 0 Å². The monoisotopic (exact) mass is 543 g/mol. The lowest BCUT2D eigenvalue weighted by Crippen LogP contribution is -2.54. The Morgan fingerprint density at radius 3 is 2.34 bits per heavy atom. The molecule has 5 aromatic rings. The van der Waals surface area contributed by atoms with Gasteiger partial charge in [0.25, 0.3) is 17.0 Å². The molecule has 0 saturated carbocycles. The molecule has 2 N–H and O–H groups in total. The highest BCUT2D eigenvalue weighted by Gasteiger charge is 2.48. The summed E-state index contributed by atoms with van der Waals surface area (Å²) in [5.74, 6) is -4.23. The SMILES string of the molecule is O=C1C(=O)N(c2ccc(Cl)cc2)C(=O)C(=Nc2cccc3c(=O)[nH][nH]c(=O)c23)C1c1nc2ccccc2s1. The zero-order valence-electron chi connectivity index (χ0n) is 19.1. The van der Waals surface area contributed by atoms with E-state index in [0.29, 0.717) is 10.5 Å². The molecule has 1 atom stereocenters. The zero-order chi connectivity index (χ0) is 26.6. The minimum absolute atomic E-state index is 0.0116. The van der Waals surface area contributed by atoms with Gasteiger partial charge in [0.15, 0.2) is 0 Å². The fourth-order valence-corrected chi connectivity index (χ4v) is 5.50. The molecule has 2 aromatic heterocycles. The number of carbonyl (C=O) groups excluding carboxylic acids is 3. The minimum Gasteiger partial charge on any atom is -0.287 e. The molecule has 6 rings (SSSR count). The molecule has 38 heavy (non-hydrogen) atoms. The largest absolute Gasteiger partial charge is 0.302 e. The number of nitrogens with one attached hydrogen (secondary N) is 2. The summed E-state index contributed by atoms with van der Waals surface area (Å²) >= 11 is 7.12. The summed E-state index contributed by atoms with van der Waals surface area (Å²) in [6.07, 6.45) is 0. The van der Waals surface area contributed by atoms with Crippen LogP contribution in [0.5, 0.6) is 0 Å². The van der Waals surface area contributed by atoms with E-state index in [9.17, 15) is 24.0 Å². The number of nitrogens with zero attached hydrogens (tertiary/aromatic N) is 3. The van der Waals surface area contributed by atoms with E-state index in [1.807, 2.05) is 0 Å². The van der Waals surface area contributed by atoms with Gasteiger partial charge in [-0.1, -0.05) is 29.8 Å². The van der Waals surface area contributed by atoms with Gasteiger partial charge in [0.05, 0.1) is 32.4 Å². The van der Waals surface area contributed by atoms with Crippen molar-refractivity contribution in [1.82, 2.24) is 15.2 Å². The average molecular weight is 544 g/mol. The summed E-state index contributed by atoms with van der Waals surface area (Å²) in [5.41, 5.74) is -0.809. The molecule has 12 heteroatoms. The molecule has 0 bridgehead atoms. The smallest absolute Gasteiger partial charge is 0.287 e. The second-order valence-electron chi connectivity index (χ2n) is 8.34. The molecule has 3 heterocycles. The number of aromatic amines is 2. The predicted octanol–water partition coefficient (Wildman–Crippen LogP) is 3.48. The number of rotatable bonds is 3. The number of Topliss-reactive ketones (excluding diaryl/α,β-unsaturated/α-hetero) is 1. The normalized spacial score (nSPS) is 17.2. The third kappa shape index (κ3) is 3.76. The lowest BCUT2D eigenvalue weighted by molar-refractivity contribution is -0.139. The van der Waals surface area contributed by atoms with Crippen LogP contribution in [0.1, 0.15) is 10.9 Å². The summed E-state index contributed by atoms with van der Waals surface area (Å²) < 4.78 is 0.753. The Morgan fingerprint density at radius 1 is 0.842 bits per heavy atom. The van der Waals surface area contributed by atoms with Crippen molar-refractivity contribution in [2.75, 3.05) is 4.90 Å². The van der Waals surface area contributed by atoms with Crippen LogP contribution in [0.25, 0.3) is 21.0 Å². The van der Waals surface area contributed by atoms with Gasteiger partial charge in [-0.05, 0) is 48.5 Å². The van der Waals surface area contributed by atoms with Crippen molar-refractivity contribution in [3.05, 3.63) is 97.5 Å². The van der Waals surface area contributed by atoms with Crippen LogP contribution in [0.3, 0.4) is 0 Å². The quantitative estimate of drug-likeness (QED) is 0.263. The summed E-state index contributed by atoms with van der Waals surface area (Å²) in [7, 11) is 0. The molecule has 1 fully saturated rings. The van der Waals surface area contributed by atoms with Gasteiger partial charge < -0.3 is 0 Å². The summed E-state index contributed by atoms with van der Waals surface area (Å²) in [6.45, 7) is 0. The summed E-state index contributed by atoms with van der Waals surface area (Å²) in [4.78, 5) is 75.4. The number of H-pyrrole nitrogens is 2. The number of fused-ring (bicyclic) bond motifs is 2. The number of amides is 2. The average Bonchev–Trinajstić information content (AvgIpc) is 3.34. The van der Waals surface area contributed by atoms with E-state index in [2.05, 4.69) is 20.2 Å². The lowest BCUT2D eigenvalue weighted by atomic mass is 9.91. The van der Waals surface area contributed by atoms with Gasteiger partial charge >= 0.3 is 5.91 Å². The number of benzene rings is 3. The van der Waals surface area contributed by atoms with E-state index in [-0.39, 0.29) is 32.9 Å². The van der Waals surface area contributed by atoms with Crippen LogP contribution in [0.15, 0.2) is 81.3 Å². The van der Waals surface area contributed by atoms with E-state index < -0.39 is 34.6 Å². The maximum absolute atomic E-state index is 13.9. The molecule has 10 nitrogen and oxygen atoms in total. The molecule has 1 saturated heterocycles. The molecule has 3 aromatic carbocycles. The van der Waals surface area contributed by atoms with E-state index in [1.165, 1.54) is 42.5 Å². The maximum atomic E-state index is 13.9. The number of ketones is 1. The number of hydrogen-bond acceptors (Lipinski definition) is 8. The number of para-hydroxylation sites is 1. The first-order chi connectivity index (χ1) is 18.3. The summed E-state index contributed by atoms with van der Waals surface area (Å²) in [6, 6.07) is 17.4. The summed E-state index contributed by atoms with van der Waals surface area (Å²) in [5, 5.41) is 5.05. The van der Waals surface area contributed by atoms with Crippen LogP contribution in [-0.4, -0.2) is 38.5 Å². The highest BCUT2D eigenvalue weighted by Crippen LogP contribution is 2.35. The maximum Gasteiger partial charge on any atom is 0.302 e. The molecule has 1 aliphatic heterocycles. The van der Waals surface area contributed by atoms with Crippen LogP contribution in [-0.2, 0) is 14.4 Å². The molecule has 0 radical (unpaired) electrons. The number of halogens is 1. The highest BCUT2D eigenvalue weighted by atomic mass is 35.5. The van der Waals surface area contributed by atoms with Gasteiger partial charge in [-0.2, -0.15) is 0 Å². The Labute approximate surface area is 221 Å². The van der Waals surface area contributed by atoms with Gasteiger partial charge in [0, 0.05) is 5.02 Å². The van der Waals surface area contributed by atoms with E-state index >= 15 is 0 Å². The number of hydrogen-bond donors (Lipinski definition) is 2. The van der Waals surface area contributed by atoms with Gasteiger partial charge in [0.2, 0.25) is 5.78 Å². The lowest BCUT2D eigenvalue weighted by Gasteiger charge is -2.29. The van der Waals surface area contributed by atoms with Crippen LogP contribution in [0, 0.1) is 0 Å². The molecular weight excluding hydrogens is 530 g/mol. The van der Waals surface area contributed by atoms with E-state index in [0.717, 1.165) is 20.9 Å². The van der Waals surface area contributed by atoms with Crippen LogP contribution >= 0.6 is 22.9 Å². The standard InChI is InChI=1S/C26H14ClN5O5S/c27-12-8-10-13(11-9-12)32-25(36)20(28-16-6-3-4-14-18(16)23(35)31-30-22(14)34)19(21(33)26(32)37)24-29-15-5-1-2-7-17(15)38-24/h1-11,19H,(H,30,34)(H,31,35). The molecule has 1 aliphatic rings. The Kier molecular flexibility index (Phi) is 5.59. The van der Waals surface area contributed by atoms with E-state index in [1.54, 1.807) is 24.3 Å². The van der Waals surface area contributed by atoms with Gasteiger partial charge in [-0.15, -0.1) is 11.3 Å². The van der Waals surface area contributed by atoms with Crippen molar-refractivity contribution < 1.29 is 14.4 Å². The van der Waals surface area contributed by atoms with Crippen LogP contribution in [0.4, 0.5) is 11.4 Å². The topological polar surface area (TPSA) is 145 Å². The highest BCUT2D eigenvalue weighted by molar-refractivity contribution is 7.19. The number of aromatic nitrogens is 3. The number of imide groups is 1. The van der Waals surface area contributed by atoms with Gasteiger partial charge in [-0.3, -0.25) is 34.2 Å². The number of thiazole rings is 1. The number of aliphatic imine (C=N–C) groups is 1. The van der Waals surface area contributed by atoms with Gasteiger partial charge in [0.1, 0.15) is 16.6 Å². The number of anilines is 1. The Balaban J connectivity index is 1.61. The third-order valence-corrected chi connectivity index (χ3v) is 7.41. The fraction of sp³-hybridized carbons (Fsp3) is 0.0385. The zero-order valence-corrected chi connectivity index (χ0v) is 20.7. The molecule has 1 unspecified atom stereocenters. The number of carbonyl (C=O) groups is 3. The fourth-order valence-electron chi connectivity index (χ4n) is 4.30. The number of piperidine rings is 1. The van der Waals surface area contributed by atoms with E-state index in [4.69, 9.17) is 11.6 Å². The van der Waals surface area contributed by atoms with Gasteiger partial charge in [-0.25, -0.2) is 14.9 Å². The Morgan fingerprint density at radius 2 is 1.58 bits per heavy atom. The first-order valence-corrected chi connectivity index (χ1v) is 12.4. The predicted molar refractivity (Wildman–Crippen MR) is 144 cm³/mol. The molecule has 0 spiro atoms. The second kappa shape index (κ2) is 8.98. The van der Waals surface area contributed by atoms with Crippen LogP contribution in [0.2, 0.25) is 5.02 Å². The van der Waals surface area contributed by atoms with Crippen molar-refractivity contribution in [2.24, 2.45) is 4.99 Å². The molecule has 0 aliphatic carbocycles. The van der Waals surface area contributed by atoms with Crippen LogP contribution < -0.4 is 16.0 Å². The van der Waals surface area contributed by atoms with Crippen molar-refractivity contribution >= 4 is 78.6 Å². The molecular formula is C26H14ClN5O5S.